The molecule has 0 radical (unpaired) electrons. The highest BCUT2D eigenvalue weighted by molar-refractivity contribution is 5.83. The van der Waals surface area contributed by atoms with E-state index in [0.717, 1.165) is 38.5 Å². The first kappa shape index (κ1) is 13.4. The van der Waals surface area contributed by atoms with Crippen molar-refractivity contribution >= 4 is 11.9 Å². The molecular weight excluding hydrogens is 230 g/mol. The van der Waals surface area contributed by atoms with Gasteiger partial charge in [-0.05, 0) is 44.9 Å². The van der Waals surface area contributed by atoms with Gasteiger partial charge in [0.05, 0.1) is 5.92 Å². The van der Waals surface area contributed by atoms with Crippen molar-refractivity contribution in [3.05, 3.63) is 0 Å². The second-order valence-electron chi connectivity index (χ2n) is 5.85. The fourth-order valence-corrected chi connectivity index (χ4v) is 3.17. The maximum atomic E-state index is 12.2. The molecule has 0 aromatic rings. The Morgan fingerprint density at radius 2 is 1.83 bits per heavy atom. The molecule has 2 fully saturated rings. The first-order valence-corrected chi connectivity index (χ1v) is 7.11. The van der Waals surface area contributed by atoms with Gasteiger partial charge in [-0.3, -0.25) is 9.59 Å². The number of rotatable bonds is 4. The zero-order chi connectivity index (χ0) is 13.2. The van der Waals surface area contributed by atoms with Crippen molar-refractivity contribution in [3.63, 3.8) is 0 Å². The van der Waals surface area contributed by atoms with Crippen LogP contribution in [0.1, 0.15) is 58.3 Å². The number of amides is 1. The quantitative estimate of drug-likeness (QED) is 0.808. The predicted octanol–water partition coefficient (Wildman–Crippen LogP) is 2.33. The number of carboxylic acids is 1. The number of aliphatic carboxylic acids is 1. The van der Waals surface area contributed by atoms with E-state index in [2.05, 4.69) is 12.2 Å². The van der Waals surface area contributed by atoms with Gasteiger partial charge in [-0.25, -0.2) is 0 Å². The summed E-state index contributed by atoms with van der Waals surface area (Å²) in [5.74, 6) is -0.694. The minimum atomic E-state index is -0.691. The third-order valence-corrected chi connectivity index (χ3v) is 4.88. The van der Waals surface area contributed by atoms with Gasteiger partial charge in [0.15, 0.2) is 0 Å². The van der Waals surface area contributed by atoms with Crippen LogP contribution in [0.5, 0.6) is 0 Å². The van der Waals surface area contributed by atoms with Crippen molar-refractivity contribution in [1.29, 1.82) is 0 Å². The second kappa shape index (κ2) is 5.29. The monoisotopic (exact) mass is 253 g/mol. The zero-order valence-corrected chi connectivity index (χ0v) is 11.1. The van der Waals surface area contributed by atoms with E-state index < -0.39 is 5.97 Å². The lowest BCUT2D eigenvalue weighted by Gasteiger charge is -2.41. The Balaban J connectivity index is 1.81. The molecule has 0 atom stereocenters. The second-order valence-corrected chi connectivity index (χ2v) is 5.85. The molecule has 4 nitrogen and oxygen atoms in total. The van der Waals surface area contributed by atoms with Gasteiger partial charge in [0.2, 0.25) is 5.91 Å². The lowest BCUT2D eigenvalue weighted by molar-refractivity contribution is -0.143. The molecule has 2 N–H and O–H groups in total. The van der Waals surface area contributed by atoms with Crippen LogP contribution in [-0.4, -0.2) is 23.0 Å². The van der Waals surface area contributed by atoms with Crippen LogP contribution in [-0.2, 0) is 9.59 Å². The number of carboxylic acid groups (broad SMARTS) is 1. The standard InChI is InChI=1S/C14H23NO3/c1-2-14(8-3-9-14)13(18)15-11-6-4-10(5-7-11)12(16)17/h10-11H,2-9H2,1H3,(H,15,18)(H,16,17). The summed E-state index contributed by atoms with van der Waals surface area (Å²) in [6, 6.07) is 0.192. The van der Waals surface area contributed by atoms with E-state index in [1.807, 2.05) is 0 Å². The zero-order valence-electron chi connectivity index (χ0n) is 11.1. The van der Waals surface area contributed by atoms with Crippen molar-refractivity contribution in [2.45, 2.75) is 64.3 Å². The van der Waals surface area contributed by atoms with E-state index in [1.165, 1.54) is 0 Å². The average Bonchev–Trinajstić information content (AvgIpc) is 2.29. The Labute approximate surface area is 108 Å². The lowest BCUT2D eigenvalue weighted by Crippen LogP contribution is -2.49. The SMILES string of the molecule is CCC1(C(=O)NC2CCC(C(=O)O)CC2)CCC1. The first-order valence-electron chi connectivity index (χ1n) is 7.11. The fourth-order valence-electron chi connectivity index (χ4n) is 3.17. The van der Waals surface area contributed by atoms with Crippen LogP contribution in [0.2, 0.25) is 0 Å². The highest BCUT2D eigenvalue weighted by Crippen LogP contribution is 2.44. The topological polar surface area (TPSA) is 66.4 Å². The van der Waals surface area contributed by atoms with Gasteiger partial charge in [0.1, 0.15) is 0 Å². The summed E-state index contributed by atoms with van der Waals surface area (Å²) in [7, 11) is 0. The van der Waals surface area contributed by atoms with Crippen molar-refractivity contribution in [2.75, 3.05) is 0 Å². The molecule has 4 heteroatoms. The molecule has 0 aliphatic heterocycles. The molecule has 0 aromatic carbocycles. The summed E-state index contributed by atoms with van der Waals surface area (Å²) in [5, 5.41) is 12.1. The summed E-state index contributed by atoms with van der Waals surface area (Å²) in [5.41, 5.74) is -0.107. The molecule has 0 spiro atoms. The van der Waals surface area contributed by atoms with Gasteiger partial charge < -0.3 is 10.4 Å². The molecule has 0 bridgehead atoms. The van der Waals surface area contributed by atoms with Crippen molar-refractivity contribution in [2.24, 2.45) is 11.3 Å². The van der Waals surface area contributed by atoms with Gasteiger partial charge in [-0.1, -0.05) is 13.3 Å². The van der Waals surface area contributed by atoms with Crippen molar-refractivity contribution in [1.82, 2.24) is 5.32 Å². The van der Waals surface area contributed by atoms with E-state index in [-0.39, 0.29) is 23.3 Å². The molecule has 2 saturated carbocycles. The largest absolute Gasteiger partial charge is 0.481 e. The number of carbonyl (C=O) groups excluding carboxylic acids is 1. The lowest BCUT2D eigenvalue weighted by atomic mass is 9.66. The van der Waals surface area contributed by atoms with Gasteiger partial charge in [-0.15, -0.1) is 0 Å². The van der Waals surface area contributed by atoms with Gasteiger partial charge in [0.25, 0.3) is 0 Å². The van der Waals surface area contributed by atoms with Crippen LogP contribution < -0.4 is 5.32 Å². The molecule has 1 amide bonds. The van der Waals surface area contributed by atoms with Crippen LogP contribution in [0.3, 0.4) is 0 Å². The smallest absolute Gasteiger partial charge is 0.306 e. The molecule has 2 rings (SSSR count). The first-order chi connectivity index (χ1) is 8.57. The number of carbonyl (C=O) groups is 2. The summed E-state index contributed by atoms with van der Waals surface area (Å²) < 4.78 is 0. The molecule has 0 unspecified atom stereocenters. The fraction of sp³-hybridized carbons (Fsp3) is 0.857. The minimum Gasteiger partial charge on any atom is -0.481 e. The Bertz CT molecular complexity index is 322. The Hall–Kier alpha value is -1.06. The van der Waals surface area contributed by atoms with Gasteiger partial charge in [-0.2, -0.15) is 0 Å². The van der Waals surface area contributed by atoms with Gasteiger partial charge >= 0.3 is 5.97 Å². The van der Waals surface area contributed by atoms with E-state index in [4.69, 9.17) is 5.11 Å². The van der Waals surface area contributed by atoms with Crippen molar-refractivity contribution in [3.8, 4) is 0 Å². The summed E-state index contributed by atoms with van der Waals surface area (Å²) in [6.45, 7) is 2.08. The number of nitrogens with one attached hydrogen (secondary N) is 1. The third-order valence-electron chi connectivity index (χ3n) is 4.88. The van der Waals surface area contributed by atoms with Crippen molar-refractivity contribution < 1.29 is 14.7 Å². The molecule has 2 aliphatic rings. The summed E-state index contributed by atoms with van der Waals surface area (Å²) >= 11 is 0. The molecule has 18 heavy (non-hydrogen) atoms. The van der Waals surface area contributed by atoms with Crippen LogP contribution >= 0.6 is 0 Å². The highest BCUT2D eigenvalue weighted by Gasteiger charge is 2.43. The van der Waals surface area contributed by atoms with E-state index in [1.54, 1.807) is 0 Å². The van der Waals surface area contributed by atoms with Gasteiger partial charge in [0, 0.05) is 11.5 Å². The van der Waals surface area contributed by atoms with Crippen LogP contribution in [0.25, 0.3) is 0 Å². The maximum absolute atomic E-state index is 12.2. The van der Waals surface area contributed by atoms with E-state index in [9.17, 15) is 9.59 Å². The van der Waals surface area contributed by atoms with Crippen LogP contribution in [0, 0.1) is 11.3 Å². The molecular formula is C14H23NO3. The highest BCUT2D eigenvalue weighted by atomic mass is 16.4. The molecule has 0 aromatic heterocycles. The molecule has 0 saturated heterocycles. The Morgan fingerprint density at radius 3 is 2.22 bits per heavy atom. The maximum Gasteiger partial charge on any atom is 0.306 e. The number of hydrogen-bond donors (Lipinski definition) is 2. The third kappa shape index (κ3) is 2.52. The predicted molar refractivity (Wildman–Crippen MR) is 68.1 cm³/mol. The summed E-state index contributed by atoms with van der Waals surface area (Å²) in [4.78, 5) is 23.1. The molecule has 2 aliphatic carbocycles. The molecule has 0 heterocycles. The van der Waals surface area contributed by atoms with E-state index in [0.29, 0.717) is 12.8 Å². The average molecular weight is 253 g/mol. The van der Waals surface area contributed by atoms with Crippen LogP contribution in [0.15, 0.2) is 0 Å². The number of hydrogen-bond acceptors (Lipinski definition) is 2. The Kier molecular flexibility index (Phi) is 3.93. The Morgan fingerprint density at radius 1 is 1.22 bits per heavy atom. The normalized spacial score (nSPS) is 30.3. The van der Waals surface area contributed by atoms with E-state index >= 15 is 0 Å². The summed E-state index contributed by atoms with van der Waals surface area (Å²) in [6.07, 6.45) is 7.11. The minimum absolute atomic E-state index is 0.107. The molecule has 102 valence electrons. The van der Waals surface area contributed by atoms with Crippen LogP contribution in [0.4, 0.5) is 0 Å².